The van der Waals surface area contributed by atoms with Crippen LogP contribution in [-0.2, 0) is 0 Å². The van der Waals surface area contributed by atoms with Crippen LogP contribution >= 0.6 is 28.3 Å². The predicted octanol–water partition coefficient (Wildman–Crippen LogP) is 2.58. The molecule has 136 valence electrons. The first-order chi connectivity index (χ1) is 10.8. The second-order valence-electron chi connectivity index (χ2n) is 5.18. The highest BCUT2D eigenvalue weighted by atomic mass is 79.9. The molecule has 1 heterocycles. The van der Waals surface area contributed by atoms with Crippen LogP contribution in [0.5, 0.6) is 0 Å². The Hall–Kier alpha value is -0.900. The standard InChI is InChI=1S/C14H16BrF4N3O.ClH/c15-9-1-2-11(16)10(7-9)13(23)21-8-12(14(17,18)19)22-5-3-20-4-6-22;/h1-2,7,12,20H,3-6,8H2,(H,21,23);1H. The van der Waals surface area contributed by atoms with Crippen LogP contribution in [0.2, 0.25) is 0 Å². The summed E-state index contributed by atoms with van der Waals surface area (Å²) in [7, 11) is 0. The fourth-order valence-corrected chi connectivity index (χ4v) is 2.76. The number of carbonyl (C=O) groups is 1. The smallest absolute Gasteiger partial charge is 0.350 e. The molecule has 1 aromatic rings. The van der Waals surface area contributed by atoms with E-state index in [0.717, 1.165) is 6.07 Å². The van der Waals surface area contributed by atoms with Crippen molar-refractivity contribution in [1.82, 2.24) is 15.5 Å². The summed E-state index contributed by atoms with van der Waals surface area (Å²) < 4.78 is 53.7. The summed E-state index contributed by atoms with van der Waals surface area (Å²) >= 11 is 3.10. The summed E-state index contributed by atoms with van der Waals surface area (Å²) in [5.74, 6) is -1.65. The van der Waals surface area contributed by atoms with E-state index < -0.39 is 30.5 Å². The maximum absolute atomic E-state index is 13.6. The third-order valence-corrected chi connectivity index (χ3v) is 4.09. The summed E-state index contributed by atoms with van der Waals surface area (Å²) in [4.78, 5) is 13.2. The third-order valence-electron chi connectivity index (χ3n) is 3.60. The molecule has 2 rings (SSSR count). The number of alkyl halides is 3. The molecule has 1 atom stereocenters. The molecule has 1 aliphatic heterocycles. The molecule has 0 spiro atoms. The molecule has 1 aliphatic rings. The van der Waals surface area contributed by atoms with Gasteiger partial charge in [0, 0.05) is 37.2 Å². The summed E-state index contributed by atoms with van der Waals surface area (Å²) in [5.41, 5.74) is -0.291. The van der Waals surface area contributed by atoms with Crippen molar-refractivity contribution >= 4 is 34.2 Å². The van der Waals surface area contributed by atoms with E-state index in [4.69, 9.17) is 0 Å². The van der Waals surface area contributed by atoms with Crippen molar-refractivity contribution in [3.8, 4) is 0 Å². The van der Waals surface area contributed by atoms with Gasteiger partial charge in [0.25, 0.3) is 5.91 Å². The molecule has 1 aromatic carbocycles. The van der Waals surface area contributed by atoms with E-state index in [-0.39, 0.29) is 31.1 Å². The van der Waals surface area contributed by atoms with E-state index in [9.17, 15) is 22.4 Å². The summed E-state index contributed by atoms with van der Waals surface area (Å²) in [6.07, 6.45) is -4.47. The maximum Gasteiger partial charge on any atom is 0.405 e. The van der Waals surface area contributed by atoms with Gasteiger partial charge in [0.2, 0.25) is 0 Å². The van der Waals surface area contributed by atoms with Gasteiger partial charge in [-0.25, -0.2) is 4.39 Å². The van der Waals surface area contributed by atoms with Gasteiger partial charge in [-0.15, -0.1) is 12.4 Å². The molecule has 10 heteroatoms. The average Bonchev–Trinajstić information content (AvgIpc) is 2.49. The van der Waals surface area contributed by atoms with Crippen molar-refractivity contribution in [2.45, 2.75) is 12.2 Å². The van der Waals surface area contributed by atoms with Gasteiger partial charge in [0.1, 0.15) is 11.9 Å². The molecule has 0 bridgehead atoms. The number of carbonyl (C=O) groups excluding carboxylic acids is 1. The molecule has 1 amide bonds. The first-order valence-electron chi connectivity index (χ1n) is 7.04. The lowest BCUT2D eigenvalue weighted by Crippen LogP contribution is -2.57. The number of hydrogen-bond acceptors (Lipinski definition) is 3. The highest BCUT2D eigenvalue weighted by Crippen LogP contribution is 2.25. The van der Waals surface area contributed by atoms with E-state index in [2.05, 4.69) is 26.6 Å². The van der Waals surface area contributed by atoms with Crippen molar-refractivity contribution in [1.29, 1.82) is 0 Å². The zero-order chi connectivity index (χ0) is 17.0. The van der Waals surface area contributed by atoms with Crippen LogP contribution in [0.25, 0.3) is 0 Å². The molecule has 1 unspecified atom stereocenters. The third kappa shape index (κ3) is 5.58. The Balaban J connectivity index is 0.00000288. The maximum atomic E-state index is 13.6. The molecule has 4 nitrogen and oxygen atoms in total. The SMILES string of the molecule is Cl.O=C(NCC(N1CCNCC1)C(F)(F)F)c1cc(Br)ccc1F. The molecular formula is C14H17BrClF4N3O. The predicted molar refractivity (Wildman–Crippen MR) is 88.0 cm³/mol. The van der Waals surface area contributed by atoms with E-state index >= 15 is 0 Å². The molecule has 1 fully saturated rings. The Kier molecular flexibility index (Phi) is 7.91. The number of rotatable bonds is 4. The molecule has 24 heavy (non-hydrogen) atoms. The Morgan fingerprint density at radius 1 is 1.33 bits per heavy atom. The summed E-state index contributed by atoms with van der Waals surface area (Å²) in [6.45, 7) is 0.784. The van der Waals surface area contributed by atoms with Gasteiger partial charge in [-0.1, -0.05) is 15.9 Å². The number of amides is 1. The van der Waals surface area contributed by atoms with E-state index in [0.29, 0.717) is 17.6 Å². The van der Waals surface area contributed by atoms with E-state index in [1.807, 2.05) is 0 Å². The van der Waals surface area contributed by atoms with Crippen LogP contribution < -0.4 is 10.6 Å². The van der Waals surface area contributed by atoms with Crippen molar-refractivity contribution in [3.05, 3.63) is 34.1 Å². The lowest BCUT2D eigenvalue weighted by Gasteiger charge is -2.35. The lowest BCUT2D eigenvalue weighted by atomic mass is 10.1. The second-order valence-corrected chi connectivity index (χ2v) is 6.09. The van der Waals surface area contributed by atoms with Gasteiger partial charge < -0.3 is 10.6 Å². The number of hydrogen-bond donors (Lipinski definition) is 2. The van der Waals surface area contributed by atoms with Crippen molar-refractivity contribution in [3.63, 3.8) is 0 Å². The van der Waals surface area contributed by atoms with Crippen molar-refractivity contribution < 1.29 is 22.4 Å². The van der Waals surface area contributed by atoms with Crippen molar-refractivity contribution in [2.75, 3.05) is 32.7 Å². The minimum absolute atomic E-state index is 0. The number of piperazine rings is 1. The Morgan fingerprint density at radius 2 is 1.96 bits per heavy atom. The zero-order valence-electron chi connectivity index (χ0n) is 12.5. The summed E-state index contributed by atoms with van der Waals surface area (Å²) in [6, 6.07) is 1.93. The van der Waals surface area contributed by atoms with Crippen LogP contribution in [0, 0.1) is 5.82 Å². The average molecular weight is 435 g/mol. The van der Waals surface area contributed by atoms with E-state index in [1.54, 1.807) is 0 Å². The van der Waals surface area contributed by atoms with Crippen LogP contribution in [0.15, 0.2) is 22.7 Å². The normalized spacial score (nSPS) is 17.0. The van der Waals surface area contributed by atoms with Crippen LogP contribution in [0.3, 0.4) is 0 Å². The number of nitrogens with zero attached hydrogens (tertiary/aromatic N) is 1. The minimum atomic E-state index is -4.47. The topological polar surface area (TPSA) is 44.4 Å². The molecule has 0 radical (unpaired) electrons. The number of nitrogens with one attached hydrogen (secondary N) is 2. The number of benzene rings is 1. The van der Waals surface area contributed by atoms with Gasteiger partial charge >= 0.3 is 6.18 Å². The monoisotopic (exact) mass is 433 g/mol. The fourth-order valence-electron chi connectivity index (χ4n) is 2.40. The summed E-state index contributed by atoms with van der Waals surface area (Å²) in [5, 5.41) is 5.16. The van der Waals surface area contributed by atoms with Gasteiger partial charge in [0.15, 0.2) is 0 Å². The highest BCUT2D eigenvalue weighted by Gasteiger charge is 2.43. The number of halogens is 6. The molecular weight excluding hydrogens is 418 g/mol. The van der Waals surface area contributed by atoms with Crippen molar-refractivity contribution in [2.24, 2.45) is 0 Å². The molecule has 0 aromatic heterocycles. The van der Waals surface area contributed by atoms with Gasteiger partial charge in [-0.3, -0.25) is 9.69 Å². The van der Waals surface area contributed by atoms with Crippen LogP contribution in [-0.4, -0.2) is 55.7 Å². The largest absolute Gasteiger partial charge is 0.405 e. The molecule has 0 saturated carbocycles. The van der Waals surface area contributed by atoms with Gasteiger partial charge in [-0.05, 0) is 18.2 Å². The van der Waals surface area contributed by atoms with Gasteiger partial charge in [0.05, 0.1) is 5.56 Å². The van der Waals surface area contributed by atoms with Crippen LogP contribution in [0.4, 0.5) is 17.6 Å². The molecule has 1 saturated heterocycles. The van der Waals surface area contributed by atoms with E-state index in [1.165, 1.54) is 17.0 Å². The fraction of sp³-hybridized carbons (Fsp3) is 0.500. The Bertz CT molecular complexity index is 567. The lowest BCUT2D eigenvalue weighted by molar-refractivity contribution is -0.183. The second kappa shape index (κ2) is 8.98. The molecule has 2 N–H and O–H groups in total. The molecule has 0 aliphatic carbocycles. The first-order valence-corrected chi connectivity index (χ1v) is 7.83. The Labute approximate surface area is 151 Å². The quantitative estimate of drug-likeness (QED) is 0.716. The first kappa shape index (κ1) is 21.1. The van der Waals surface area contributed by atoms with Gasteiger partial charge in [-0.2, -0.15) is 13.2 Å². The van der Waals surface area contributed by atoms with Crippen LogP contribution in [0.1, 0.15) is 10.4 Å². The zero-order valence-corrected chi connectivity index (χ0v) is 14.9. The Morgan fingerprint density at radius 3 is 2.54 bits per heavy atom. The highest BCUT2D eigenvalue weighted by molar-refractivity contribution is 9.10. The minimum Gasteiger partial charge on any atom is -0.350 e.